The van der Waals surface area contributed by atoms with E-state index >= 15 is 0 Å². The second-order valence-corrected chi connectivity index (χ2v) is 7.06. The van der Waals surface area contributed by atoms with Crippen LogP contribution in [0.25, 0.3) is 0 Å². The molecule has 0 heterocycles. The van der Waals surface area contributed by atoms with E-state index in [1.165, 1.54) is 4.31 Å². The average Bonchev–Trinajstić information content (AvgIpc) is 2.55. The second-order valence-electron chi connectivity index (χ2n) is 5.30. The number of nitrogens with two attached hydrogens (primary N) is 1. The van der Waals surface area contributed by atoms with Crippen LogP contribution < -0.4 is 10.5 Å². The SMILES string of the molecule is CCN(Cc1ccccc1)S(=O)(=O)NCCc1ccc(N)cc1.Cl. The van der Waals surface area contributed by atoms with E-state index < -0.39 is 10.2 Å². The summed E-state index contributed by atoms with van der Waals surface area (Å²) in [6, 6.07) is 17.0. The van der Waals surface area contributed by atoms with Crippen LogP contribution >= 0.6 is 12.4 Å². The second kappa shape index (κ2) is 9.64. The lowest BCUT2D eigenvalue weighted by molar-refractivity contribution is 0.414. The van der Waals surface area contributed by atoms with Gasteiger partial charge in [-0.05, 0) is 29.7 Å². The predicted molar refractivity (Wildman–Crippen MR) is 101 cm³/mol. The standard InChI is InChI=1S/C17H23N3O2S.ClH/c1-2-20(14-16-6-4-3-5-7-16)23(21,22)19-13-12-15-8-10-17(18)11-9-15;/h3-11,19H,2,12-14,18H2,1H3;1H. The zero-order chi connectivity index (χ0) is 16.7. The van der Waals surface area contributed by atoms with E-state index in [0.29, 0.717) is 31.7 Å². The Balaban J connectivity index is 0.00000288. The first-order valence-corrected chi connectivity index (χ1v) is 9.08. The van der Waals surface area contributed by atoms with Gasteiger partial charge in [0.25, 0.3) is 10.2 Å². The third kappa shape index (κ3) is 6.13. The fourth-order valence-corrected chi connectivity index (χ4v) is 3.46. The molecule has 0 atom stereocenters. The van der Waals surface area contributed by atoms with E-state index in [1.54, 1.807) is 0 Å². The Morgan fingerprint density at radius 1 is 1.00 bits per heavy atom. The van der Waals surface area contributed by atoms with E-state index in [9.17, 15) is 8.42 Å². The predicted octanol–water partition coefficient (Wildman–Crippen LogP) is 2.59. The topological polar surface area (TPSA) is 75.4 Å². The number of hydrogen-bond donors (Lipinski definition) is 2. The van der Waals surface area contributed by atoms with Crippen LogP contribution in [0.5, 0.6) is 0 Å². The summed E-state index contributed by atoms with van der Waals surface area (Å²) in [5.74, 6) is 0. The van der Waals surface area contributed by atoms with Crippen LogP contribution in [0.3, 0.4) is 0 Å². The highest BCUT2D eigenvalue weighted by Crippen LogP contribution is 2.09. The van der Waals surface area contributed by atoms with Gasteiger partial charge in [-0.2, -0.15) is 12.7 Å². The summed E-state index contributed by atoms with van der Waals surface area (Å²) in [6.07, 6.45) is 0.627. The Labute approximate surface area is 150 Å². The minimum atomic E-state index is -3.49. The van der Waals surface area contributed by atoms with Gasteiger partial charge in [0.2, 0.25) is 0 Å². The van der Waals surface area contributed by atoms with E-state index in [2.05, 4.69) is 4.72 Å². The lowest BCUT2D eigenvalue weighted by Gasteiger charge is -2.21. The van der Waals surface area contributed by atoms with Crippen LogP contribution in [0.15, 0.2) is 54.6 Å². The maximum Gasteiger partial charge on any atom is 0.279 e. The van der Waals surface area contributed by atoms with Crippen LogP contribution in [0, 0.1) is 0 Å². The van der Waals surface area contributed by atoms with Crippen molar-refractivity contribution in [2.24, 2.45) is 0 Å². The molecule has 0 aliphatic heterocycles. The van der Waals surface area contributed by atoms with Crippen molar-refractivity contribution < 1.29 is 8.42 Å². The molecule has 7 heteroatoms. The Morgan fingerprint density at radius 3 is 2.21 bits per heavy atom. The number of nitrogens with one attached hydrogen (secondary N) is 1. The van der Waals surface area contributed by atoms with Crippen molar-refractivity contribution in [1.29, 1.82) is 0 Å². The summed E-state index contributed by atoms with van der Waals surface area (Å²) >= 11 is 0. The fourth-order valence-electron chi connectivity index (χ4n) is 2.25. The van der Waals surface area contributed by atoms with Crippen molar-refractivity contribution in [2.75, 3.05) is 18.8 Å². The van der Waals surface area contributed by atoms with Gasteiger partial charge in [0, 0.05) is 25.3 Å². The molecule has 0 aliphatic carbocycles. The van der Waals surface area contributed by atoms with E-state index in [-0.39, 0.29) is 12.4 Å². The Bertz CT molecular complexity index is 706. The molecule has 0 amide bonds. The van der Waals surface area contributed by atoms with Gasteiger partial charge in [0.1, 0.15) is 0 Å². The van der Waals surface area contributed by atoms with Gasteiger partial charge in [-0.15, -0.1) is 12.4 Å². The molecule has 0 aliphatic rings. The van der Waals surface area contributed by atoms with Gasteiger partial charge >= 0.3 is 0 Å². The smallest absolute Gasteiger partial charge is 0.279 e. The maximum atomic E-state index is 12.4. The van der Waals surface area contributed by atoms with Crippen molar-refractivity contribution in [3.63, 3.8) is 0 Å². The average molecular weight is 370 g/mol. The molecular weight excluding hydrogens is 346 g/mol. The first-order chi connectivity index (χ1) is 11.0. The third-order valence-corrected chi connectivity index (χ3v) is 5.21. The molecule has 24 heavy (non-hydrogen) atoms. The lowest BCUT2D eigenvalue weighted by atomic mass is 10.1. The van der Waals surface area contributed by atoms with Gasteiger partial charge in [-0.1, -0.05) is 49.4 Å². The quantitative estimate of drug-likeness (QED) is 0.702. The number of hydrogen-bond acceptors (Lipinski definition) is 3. The van der Waals surface area contributed by atoms with Crippen LogP contribution in [-0.4, -0.2) is 25.8 Å². The molecule has 0 radical (unpaired) electrons. The minimum Gasteiger partial charge on any atom is -0.399 e. The van der Waals surface area contributed by atoms with Crippen LogP contribution in [0.2, 0.25) is 0 Å². The number of benzene rings is 2. The molecule has 0 saturated heterocycles. The highest BCUT2D eigenvalue weighted by Gasteiger charge is 2.19. The molecule has 2 rings (SSSR count). The van der Waals surface area contributed by atoms with Crippen molar-refractivity contribution in [3.05, 3.63) is 65.7 Å². The molecule has 0 unspecified atom stereocenters. The molecule has 0 aromatic heterocycles. The van der Waals surface area contributed by atoms with Crippen molar-refractivity contribution >= 4 is 28.3 Å². The molecule has 3 N–H and O–H groups in total. The van der Waals surface area contributed by atoms with E-state index in [1.807, 2.05) is 61.5 Å². The van der Waals surface area contributed by atoms with Gasteiger partial charge in [0.15, 0.2) is 0 Å². The fraction of sp³-hybridized carbons (Fsp3) is 0.294. The molecule has 0 bridgehead atoms. The molecule has 0 saturated carbocycles. The van der Waals surface area contributed by atoms with Gasteiger partial charge in [-0.25, -0.2) is 4.72 Å². The lowest BCUT2D eigenvalue weighted by Crippen LogP contribution is -2.41. The van der Waals surface area contributed by atoms with Crippen LogP contribution in [0.1, 0.15) is 18.1 Å². The Morgan fingerprint density at radius 2 is 1.62 bits per heavy atom. The first kappa shape index (κ1) is 20.4. The number of nitrogens with zero attached hydrogens (tertiary/aromatic N) is 1. The van der Waals surface area contributed by atoms with E-state index in [0.717, 1.165) is 11.1 Å². The van der Waals surface area contributed by atoms with Gasteiger partial charge in [-0.3, -0.25) is 0 Å². The van der Waals surface area contributed by atoms with Gasteiger partial charge < -0.3 is 5.73 Å². The molecule has 2 aromatic carbocycles. The monoisotopic (exact) mass is 369 g/mol. The molecular formula is C17H24ClN3O2S. The number of halogens is 1. The number of rotatable bonds is 8. The first-order valence-electron chi connectivity index (χ1n) is 7.64. The van der Waals surface area contributed by atoms with Crippen molar-refractivity contribution in [2.45, 2.75) is 19.9 Å². The molecule has 2 aromatic rings. The van der Waals surface area contributed by atoms with Crippen LogP contribution in [-0.2, 0) is 23.2 Å². The molecule has 132 valence electrons. The zero-order valence-corrected chi connectivity index (χ0v) is 15.3. The van der Waals surface area contributed by atoms with Crippen molar-refractivity contribution in [1.82, 2.24) is 9.03 Å². The zero-order valence-electron chi connectivity index (χ0n) is 13.7. The normalized spacial score (nSPS) is 11.2. The summed E-state index contributed by atoms with van der Waals surface area (Å²) in [6.45, 7) is 2.99. The summed E-state index contributed by atoms with van der Waals surface area (Å²) in [5, 5.41) is 0. The molecule has 0 fully saturated rings. The summed E-state index contributed by atoms with van der Waals surface area (Å²) in [7, 11) is -3.49. The molecule has 0 spiro atoms. The van der Waals surface area contributed by atoms with Crippen molar-refractivity contribution in [3.8, 4) is 0 Å². The maximum absolute atomic E-state index is 12.4. The highest BCUT2D eigenvalue weighted by atomic mass is 35.5. The summed E-state index contributed by atoms with van der Waals surface area (Å²) in [5.41, 5.74) is 8.36. The number of nitrogen functional groups attached to an aromatic ring is 1. The Hall–Kier alpha value is -1.60. The van der Waals surface area contributed by atoms with E-state index in [4.69, 9.17) is 5.73 Å². The largest absolute Gasteiger partial charge is 0.399 e. The highest BCUT2D eigenvalue weighted by molar-refractivity contribution is 7.87. The van der Waals surface area contributed by atoms with Crippen LogP contribution in [0.4, 0.5) is 5.69 Å². The van der Waals surface area contributed by atoms with Gasteiger partial charge in [0.05, 0.1) is 0 Å². The summed E-state index contributed by atoms with van der Waals surface area (Å²) in [4.78, 5) is 0. The Kier molecular flexibility index (Phi) is 8.21. The third-order valence-electron chi connectivity index (χ3n) is 3.57. The minimum absolute atomic E-state index is 0. The number of anilines is 1. The summed E-state index contributed by atoms with van der Waals surface area (Å²) < 4.78 is 28.9. The molecule has 5 nitrogen and oxygen atoms in total.